The van der Waals surface area contributed by atoms with Gasteiger partial charge in [0.25, 0.3) is 11.4 Å². The van der Waals surface area contributed by atoms with Gasteiger partial charge in [-0.25, -0.2) is 19.4 Å². The monoisotopic (exact) mass is 468 g/mol. The van der Waals surface area contributed by atoms with E-state index in [1.807, 2.05) is 0 Å². The SMILES string of the molecule is O=C(OOC(=O)c1ccc(C(F)(F)F)cc1[N+](=O)[O-])c1ccc(C(F)(F)F)cc1[N+](=O)[O-]. The minimum absolute atomic E-state index is 0.0130. The Hall–Kier alpha value is -4.24. The molecule has 2 aromatic rings. The van der Waals surface area contributed by atoms with Crippen LogP contribution in [-0.4, -0.2) is 21.8 Å². The van der Waals surface area contributed by atoms with E-state index in [0.717, 1.165) is 0 Å². The summed E-state index contributed by atoms with van der Waals surface area (Å²) in [7, 11) is 0. The molecule has 0 unspecified atom stereocenters. The van der Waals surface area contributed by atoms with Crippen LogP contribution in [-0.2, 0) is 22.1 Å². The van der Waals surface area contributed by atoms with Crippen molar-refractivity contribution in [2.24, 2.45) is 0 Å². The Morgan fingerprint density at radius 1 is 0.688 bits per heavy atom. The van der Waals surface area contributed by atoms with Gasteiger partial charge >= 0.3 is 24.3 Å². The van der Waals surface area contributed by atoms with Crippen molar-refractivity contribution in [3.8, 4) is 0 Å². The third-order valence-electron chi connectivity index (χ3n) is 3.68. The first kappa shape index (κ1) is 24.0. The van der Waals surface area contributed by atoms with E-state index in [9.17, 15) is 56.2 Å². The molecule has 0 aliphatic heterocycles. The topological polar surface area (TPSA) is 139 Å². The zero-order valence-corrected chi connectivity index (χ0v) is 14.9. The summed E-state index contributed by atoms with van der Waals surface area (Å²) < 4.78 is 76.1. The minimum Gasteiger partial charge on any atom is -0.258 e. The molecule has 0 amide bonds. The van der Waals surface area contributed by atoms with Gasteiger partial charge in [-0.15, -0.1) is 0 Å². The standard InChI is InChI=1S/C16H6F6N2O8/c17-15(18,19)7-1-3-9(11(5-7)23(27)28)13(25)31-32-14(26)10-4-2-8(16(20,21)22)6-12(10)24(29)30/h1-6H. The van der Waals surface area contributed by atoms with Crippen molar-refractivity contribution in [1.82, 2.24) is 0 Å². The van der Waals surface area contributed by atoms with E-state index in [4.69, 9.17) is 0 Å². The summed E-state index contributed by atoms with van der Waals surface area (Å²) in [6, 6.07) is 1.34. The Balaban J connectivity index is 2.28. The van der Waals surface area contributed by atoms with Crippen molar-refractivity contribution in [3.63, 3.8) is 0 Å². The molecule has 0 aliphatic rings. The third kappa shape index (κ3) is 5.27. The fraction of sp³-hybridized carbons (Fsp3) is 0.125. The normalized spacial score (nSPS) is 11.6. The summed E-state index contributed by atoms with van der Waals surface area (Å²) in [6.45, 7) is 0. The highest BCUT2D eigenvalue weighted by Crippen LogP contribution is 2.34. The van der Waals surface area contributed by atoms with Crippen LogP contribution in [0.15, 0.2) is 36.4 Å². The molecule has 0 aliphatic carbocycles. The van der Waals surface area contributed by atoms with Crippen molar-refractivity contribution >= 4 is 23.3 Å². The first-order chi connectivity index (χ1) is 14.6. The van der Waals surface area contributed by atoms with E-state index in [1.165, 1.54) is 0 Å². The molecule has 10 nitrogen and oxygen atoms in total. The highest BCUT2D eigenvalue weighted by molar-refractivity contribution is 5.96. The van der Waals surface area contributed by atoms with Crippen LogP contribution in [0.3, 0.4) is 0 Å². The fourth-order valence-corrected chi connectivity index (χ4v) is 2.23. The summed E-state index contributed by atoms with van der Waals surface area (Å²) in [4.78, 5) is 51.0. The number of nitro groups is 2. The van der Waals surface area contributed by atoms with Crippen molar-refractivity contribution in [1.29, 1.82) is 0 Å². The lowest BCUT2D eigenvalue weighted by Gasteiger charge is -2.09. The molecule has 0 heterocycles. The molecule has 0 radical (unpaired) electrons. The zero-order chi connectivity index (χ0) is 24.4. The van der Waals surface area contributed by atoms with Gasteiger partial charge < -0.3 is 0 Å². The van der Waals surface area contributed by atoms with E-state index >= 15 is 0 Å². The minimum atomic E-state index is -4.98. The zero-order valence-electron chi connectivity index (χ0n) is 14.9. The van der Waals surface area contributed by atoms with Crippen molar-refractivity contribution in [3.05, 3.63) is 78.9 Å². The largest absolute Gasteiger partial charge is 0.416 e. The highest BCUT2D eigenvalue weighted by Gasteiger charge is 2.36. The maximum absolute atomic E-state index is 12.7. The molecule has 0 saturated carbocycles. The summed E-state index contributed by atoms with van der Waals surface area (Å²) in [5.41, 5.74) is -7.81. The van der Waals surface area contributed by atoms with Gasteiger partial charge in [-0.05, 0) is 24.3 Å². The molecule has 0 atom stereocenters. The molecule has 0 aromatic heterocycles. The van der Waals surface area contributed by atoms with Crippen LogP contribution < -0.4 is 0 Å². The second-order valence-corrected chi connectivity index (χ2v) is 5.72. The highest BCUT2D eigenvalue weighted by atomic mass is 19.4. The number of hydrogen-bond acceptors (Lipinski definition) is 8. The lowest BCUT2D eigenvalue weighted by molar-refractivity contribution is -0.385. The Morgan fingerprint density at radius 2 is 1.00 bits per heavy atom. The van der Waals surface area contributed by atoms with Gasteiger partial charge in [0.05, 0.1) is 21.0 Å². The quantitative estimate of drug-likeness (QED) is 0.277. The van der Waals surface area contributed by atoms with Crippen LogP contribution >= 0.6 is 0 Å². The molecule has 0 spiro atoms. The molecule has 170 valence electrons. The van der Waals surface area contributed by atoms with Crippen LogP contribution in [0.2, 0.25) is 0 Å². The van der Waals surface area contributed by atoms with Gasteiger partial charge in [0.2, 0.25) is 0 Å². The fourth-order valence-electron chi connectivity index (χ4n) is 2.23. The molecule has 0 saturated heterocycles. The van der Waals surface area contributed by atoms with Gasteiger partial charge in [0.1, 0.15) is 11.1 Å². The Bertz CT molecular complexity index is 1030. The number of rotatable bonds is 4. The molecular weight excluding hydrogens is 462 g/mol. The van der Waals surface area contributed by atoms with Crippen molar-refractivity contribution < 1.29 is 55.6 Å². The number of alkyl halides is 6. The van der Waals surface area contributed by atoms with Crippen LogP contribution in [0.4, 0.5) is 37.7 Å². The number of carbonyl (C=O) groups is 2. The van der Waals surface area contributed by atoms with Crippen LogP contribution in [0.1, 0.15) is 31.8 Å². The number of carbonyl (C=O) groups excluding carboxylic acids is 2. The Kier molecular flexibility index (Phi) is 6.37. The van der Waals surface area contributed by atoms with Gasteiger partial charge in [-0.3, -0.25) is 20.2 Å². The lowest BCUT2D eigenvalue weighted by atomic mass is 10.1. The maximum Gasteiger partial charge on any atom is 0.416 e. The van der Waals surface area contributed by atoms with E-state index in [1.54, 1.807) is 0 Å². The van der Waals surface area contributed by atoms with E-state index in [2.05, 4.69) is 9.78 Å². The van der Waals surface area contributed by atoms with Crippen LogP contribution in [0.5, 0.6) is 0 Å². The Morgan fingerprint density at radius 3 is 1.25 bits per heavy atom. The first-order valence-electron chi connectivity index (χ1n) is 7.77. The summed E-state index contributed by atoms with van der Waals surface area (Å²) in [5, 5.41) is 21.9. The average molecular weight is 468 g/mol. The van der Waals surface area contributed by atoms with Crippen molar-refractivity contribution in [2.75, 3.05) is 0 Å². The summed E-state index contributed by atoms with van der Waals surface area (Å²) >= 11 is 0. The van der Waals surface area contributed by atoms with Crippen LogP contribution in [0, 0.1) is 20.2 Å². The van der Waals surface area contributed by atoms with E-state index in [0.29, 0.717) is 24.3 Å². The van der Waals surface area contributed by atoms with E-state index in [-0.39, 0.29) is 12.1 Å². The smallest absolute Gasteiger partial charge is 0.258 e. The molecule has 0 fully saturated rings. The van der Waals surface area contributed by atoms with Crippen molar-refractivity contribution in [2.45, 2.75) is 12.4 Å². The number of halogens is 6. The second kappa shape index (κ2) is 8.48. The number of nitrogens with zero attached hydrogens (tertiary/aromatic N) is 2. The molecule has 32 heavy (non-hydrogen) atoms. The summed E-state index contributed by atoms with van der Waals surface area (Å²) in [5.74, 6) is -3.65. The number of hydrogen-bond donors (Lipinski definition) is 0. The Labute approximate surface area is 171 Å². The molecule has 16 heteroatoms. The van der Waals surface area contributed by atoms with Gasteiger partial charge in [0.15, 0.2) is 0 Å². The third-order valence-corrected chi connectivity index (χ3v) is 3.68. The molecule has 0 N–H and O–H groups in total. The van der Waals surface area contributed by atoms with Gasteiger partial charge in [-0.1, -0.05) is 0 Å². The molecule has 2 aromatic carbocycles. The second-order valence-electron chi connectivity index (χ2n) is 5.72. The predicted octanol–water partition coefficient (Wildman–Crippen LogP) is 4.47. The number of nitro benzene ring substituents is 2. The maximum atomic E-state index is 12.7. The van der Waals surface area contributed by atoms with Gasteiger partial charge in [0, 0.05) is 12.1 Å². The molecule has 2 rings (SSSR count). The number of benzene rings is 2. The first-order valence-corrected chi connectivity index (χ1v) is 7.77. The van der Waals surface area contributed by atoms with Gasteiger partial charge in [-0.2, -0.15) is 26.3 Å². The van der Waals surface area contributed by atoms with E-state index < -0.39 is 67.8 Å². The summed E-state index contributed by atoms with van der Waals surface area (Å²) in [6.07, 6.45) is -9.97. The lowest BCUT2D eigenvalue weighted by Crippen LogP contribution is -2.16. The average Bonchev–Trinajstić information content (AvgIpc) is 2.69. The predicted molar refractivity (Wildman–Crippen MR) is 87.0 cm³/mol. The molecule has 0 bridgehead atoms. The van der Waals surface area contributed by atoms with Crippen LogP contribution in [0.25, 0.3) is 0 Å². The molecular formula is C16H6F6N2O8.